The lowest BCUT2D eigenvalue weighted by Gasteiger charge is -2.26. The molecular weight excluding hydrogens is 588 g/mol. The van der Waals surface area contributed by atoms with Gasteiger partial charge in [0.2, 0.25) is 11.8 Å². The molecule has 2 aromatic carbocycles. The van der Waals surface area contributed by atoms with Crippen LogP contribution in [0.1, 0.15) is 54.0 Å². The Kier molecular flexibility index (Phi) is 13.3. The van der Waals surface area contributed by atoms with Gasteiger partial charge in [0, 0.05) is 45.8 Å². The summed E-state index contributed by atoms with van der Waals surface area (Å²) in [7, 11) is -0.0144. The second-order valence-corrected chi connectivity index (χ2v) is 13.1. The van der Waals surface area contributed by atoms with Gasteiger partial charge < -0.3 is 26.4 Å². The molecule has 0 unspecified atom stereocenters. The summed E-state index contributed by atoms with van der Waals surface area (Å²) in [6.45, 7) is 7.71. The molecule has 0 aromatic heterocycles. The van der Waals surface area contributed by atoms with E-state index in [1.54, 1.807) is 13.8 Å². The van der Waals surface area contributed by atoms with Gasteiger partial charge >= 0.3 is 16.2 Å². The molecule has 0 aliphatic carbocycles. The van der Waals surface area contributed by atoms with Gasteiger partial charge in [0.25, 0.3) is 5.91 Å². The largest absolute Gasteiger partial charge is 0.478 e. The number of carbonyl (C=O) groups excluding carboxylic acids is 3. The van der Waals surface area contributed by atoms with Crippen molar-refractivity contribution >= 4 is 39.6 Å². The Hall–Kier alpha value is -4.01. The summed E-state index contributed by atoms with van der Waals surface area (Å²) in [6, 6.07) is 11.0. The fourth-order valence-corrected chi connectivity index (χ4v) is 5.14. The Morgan fingerprint density at radius 3 is 2.05 bits per heavy atom. The minimum absolute atomic E-state index is 0.00130. The van der Waals surface area contributed by atoms with Crippen LogP contribution in [-0.4, -0.2) is 93.9 Å². The smallest absolute Gasteiger partial charge is 0.335 e. The van der Waals surface area contributed by atoms with Gasteiger partial charge in [-0.25, -0.2) is 4.79 Å². The number of rotatable bonds is 16. The van der Waals surface area contributed by atoms with E-state index in [2.05, 4.69) is 21.3 Å². The lowest BCUT2D eigenvalue weighted by molar-refractivity contribution is -0.130. The van der Waals surface area contributed by atoms with Crippen LogP contribution in [0.15, 0.2) is 48.5 Å². The minimum Gasteiger partial charge on any atom is -0.478 e. The molecule has 14 heteroatoms. The number of carbonyl (C=O) groups is 4. The Bertz CT molecular complexity index is 1420. The second-order valence-electron chi connectivity index (χ2n) is 10.9. The summed E-state index contributed by atoms with van der Waals surface area (Å²) in [5, 5.41) is 21.2. The molecule has 0 aliphatic heterocycles. The fourth-order valence-electron chi connectivity index (χ4n) is 4.28. The van der Waals surface area contributed by atoms with Crippen molar-refractivity contribution in [3.8, 4) is 0 Å². The van der Waals surface area contributed by atoms with Crippen molar-refractivity contribution in [3.05, 3.63) is 65.2 Å². The van der Waals surface area contributed by atoms with Crippen molar-refractivity contribution in [1.29, 1.82) is 0 Å². The van der Waals surface area contributed by atoms with Gasteiger partial charge in [-0.1, -0.05) is 44.2 Å². The van der Waals surface area contributed by atoms with Crippen molar-refractivity contribution in [2.75, 3.05) is 38.5 Å². The van der Waals surface area contributed by atoms with Crippen LogP contribution in [0.3, 0.4) is 0 Å². The van der Waals surface area contributed by atoms with E-state index >= 15 is 0 Å². The van der Waals surface area contributed by atoms with Crippen LogP contribution in [0, 0.1) is 5.92 Å². The average Bonchev–Trinajstić information content (AvgIpc) is 2.97. The molecule has 13 nitrogen and oxygen atoms in total. The van der Waals surface area contributed by atoms with E-state index in [9.17, 15) is 32.7 Å². The average molecular weight is 633 g/mol. The van der Waals surface area contributed by atoms with Crippen molar-refractivity contribution in [3.63, 3.8) is 0 Å². The number of amides is 3. The first kappa shape index (κ1) is 36.2. The van der Waals surface area contributed by atoms with Crippen LogP contribution in [0.5, 0.6) is 0 Å². The predicted molar refractivity (Wildman–Crippen MR) is 169 cm³/mol. The number of anilines is 1. The van der Waals surface area contributed by atoms with E-state index in [1.165, 1.54) is 39.3 Å². The zero-order valence-corrected chi connectivity index (χ0v) is 27.1. The van der Waals surface area contributed by atoms with Crippen molar-refractivity contribution in [2.24, 2.45) is 5.92 Å². The molecule has 0 heterocycles. The highest BCUT2D eigenvalue weighted by Gasteiger charge is 2.27. The van der Waals surface area contributed by atoms with Crippen molar-refractivity contribution < 1.29 is 32.7 Å². The van der Waals surface area contributed by atoms with Gasteiger partial charge in [-0.05, 0) is 49.9 Å². The number of nitrogens with one attached hydrogen (secondary N) is 4. The summed E-state index contributed by atoms with van der Waals surface area (Å²) < 4.78 is 27.2. The number of nitrogens with zero attached hydrogens (tertiary/aromatic N) is 2. The lowest BCUT2D eigenvalue weighted by atomic mass is 10.0. The first-order chi connectivity index (χ1) is 20.6. The van der Waals surface area contributed by atoms with Gasteiger partial charge in [-0.15, -0.1) is 0 Å². The monoisotopic (exact) mass is 632 g/mol. The lowest BCUT2D eigenvalue weighted by Crippen LogP contribution is -2.55. The Morgan fingerprint density at radius 2 is 1.50 bits per heavy atom. The molecule has 5 N–H and O–H groups in total. The summed E-state index contributed by atoms with van der Waals surface area (Å²) in [4.78, 5) is 50.7. The Balaban J connectivity index is 2.30. The number of aromatic carboxylic acids is 1. The van der Waals surface area contributed by atoms with E-state index in [0.717, 1.165) is 14.2 Å². The molecule has 2 aromatic rings. The summed E-state index contributed by atoms with van der Waals surface area (Å²) in [5.74, 6) is -2.75. The third-order valence-corrected chi connectivity index (χ3v) is 8.75. The number of hydrogen-bond acceptors (Lipinski definition) is 7. The topological polar surface area (TPSA) is 177 Å². The maximum atomic E-state index is 13.5. The highest BCUT2D eigenvalue weighted by Crippen LogP contribution is 2.22. The molecule has 44 heavy (non-hydrogen) atoms. The van der Waals surface area contributed by atoms with Crippen molar-refractivity contribution in [2.45, 2.75) is 52.2 Å². The Morgan fingerprint density at radius 1 is 0.886 bits per heavy atom. The molecule has 0 saturated heterocycles. The number of hydrogen-bond donors (Lipinski definition) is 5. The van der Waals surface area contributed by atoms with Crippen LogP contribution in [0.2, 0.25) is 0 Å². The van der Waals surface area contributed by atoms with Gasteiger partial charge in [0.15, 0.2) is 0 Å². The van der Waals surface area contributed by atoms with E-state index < -0.39 is 40.2 Å². The molecule has 3 amide bonds. The van der Waals surface area contributed by atoms with Gasteiger partial charge in [0.05, 0.1) is 17.3 Å². The van der Waals surface area contributed by atoms with E-state index in [4.69, 9.17) is 0 Å². The highest BCUT2D eigenvalue weighted by molar-refractivity contribution is 7.90. The quantitative estimate of drug-likeness (QED) is 0.183. The second kappa shape index (κ2) is 16.2. The molecule has 0 bridgehead atoms. The molecule has 0 spiro atoms. The van der Waals surface area contributed by atoms with Gasteiger partial charge in [-0.2, -0.15) is 12.7 Å². The molecule has 2 rings (SSSR count). The first-order valence-corrected chi connectivity index (χ1v) is 15.7. The third kappa shape index (κ3) is 10.0. The normalized spacial score (nSPS) is 13.6. The van der Waals surface area contributed by atoms with Crippen LogP contribution >= 0.6 is 0 Å². The molecule has 242 valence electrons. The van der Waals surface area contributed by atoms with E-state index in [1.807, 2.05) is 44.2 Å². The van der Waals surface area contributed by atoms with Crippen LogP contribution in [0.4, 0.5) is 5.69 Å². The van der Waals surface area contributed by atoms with Crippen molar-refractivity contribution in [1.82, 2.24) is 25.6 Å². The molecular formula is C30H44N6O7S. The molecule has 0 saturated carbocycles. The van der Waals surface area contributed by atoms with Gasteiger partial charge in [-0.3, -0.25) is 18.7 Å². The first-order valence-electron chi connectivity index (χ1n) is 14.3. The molecule has 0 radical (unpaired) electrons. The number of carboxylic acids is 1. The fraction of sp³-hybridized carbons (Fsp3) is 0.467. The molecule has 3 atom stereocenters. The third-order valence-electron chi connectivity index (χ3n) is 6.92. The SMILES string of the molecule is CCNC(=O)[C@@H](NC(=O)[C@H](C)NC[C@H](Cc1ccccc1)NC(=O)c1cc(C(=O)O)cc(N(C)S(=O)(=O)N(C)C)c1)C(C)C. The molecule has 0 aliphatic rings. The summed E-state index contributed by atoms with van der Waals surface area (Å²) in [6.07, 6.45) is 0.377. The van der Waals surface area contributed by atoms with Gasteiger partial charge in [0.1, 0.15) is 6.04 Å². The van der Waals surface area contributed by atoms with E-state index in [-0.39, 0.29) is 41.1 Å². The van der Waals surface area contributed by atoms with Crippen LogP contribution in [0.25, 0.3) is 0 Å². The zero-order chi connectivity index (χ0) is 33.2. The number of likely N-dealkylation sites (N-methyl/N-ethyl adjacent to an activating group) is 1. The molecule has 0 fully saturated rings. The van der Waals surface area contributed by atoms with E-state index in [0.29, 0.717) is 13.0 Å². The minimum atomic E-state index is -3.96. The van der Waals surface area contributed by atoms with Crippen LogP contribution in [-0.2, 0) is 26.2 Å². The standard InChI is InChI=1S/C30H44N6O7S/c1-8-31-29(39)26(19(2)3)34-27(37)20(4)32-18-24(14-21-12-10-9-11-13-21)33-28(38)22-15-23(30(40)41)17-25(16-22)36(7)44(42,43)35(5)6/h9-13,15-17,19-20,24,26,32H,8,14,18H2,1-7H3,(H,31,39)(H,33,38)(H,34,37)(H,40,41)/t20-,24-,26-/m0/s1. The number of carboxylic acid groups (broad SMARTS) is 1. The summed E-state index contributed by atoms with van der Waals surface area (Å²) in [5.41, 5.74) is 0.595. The van der Waals surface area contributed by atoms with Crippen LogP contribution < -0.4 is 25.6 Å². The number of benzene rings is 2. The highest BCUT2D eigenvalue weighted by atomic mass is 32.2. The maximum absolute atomic E-state index is 13.5. The maximum Gasteiger partial charge on any atom is 0.335 e. The Labute approximate surface area is 259 Å². The summed E-state index contributed by atoms with van der Waals surface area (Å²) >= 11 is 0. The zero-order valence-electron chi connectivity index (χ0n) is 26.2. The predicted octanol–water partition coefficient (Wildman–Crippen LogP) is 1.22.